The monoisotopic (exact) mass is 343 g/mol. The maximum Gasteiger partial charge on any atom is 0.415 e. The Morgan fingerprint density at radius 1 is 1.04 bits per heavy atom. The van der Waals surface area contributed by atoms with Gasteiger partial charge in [-0.1, -0.05) is 12.1 Å². The zero-order valence-electron chi connectivity index (χ0n) is 13.8. The topological polar surface area (TPSA) is 104 Å². The van der Waals surface area contributed by atoms with Gasteiger partial charge in [0.05, 0.1) is 0 Å². The zero-order valence-corrected chi connectivity index (χ0v) is 13.8. The molecule has 3 rings (SSSR count). The van der Waals surface area contributed by atoms with E-state index < -0.39 is 6.09 Å². The largest absolute Gasteiger partial charge is 0.617 e. The summed E-state index contributed by atoms with van der Waals surface area (Å²) in [5.74, 6) is -0.316. The van der Waals surface area contributed by atoms with Crippen LogP contribution in [0, 0.1) is 10.4 Å². The Morgan fingerprint density at radius 3 is 2.24 bits per heavy atom. The van der Waals surface area contributed by atoms with Gasteiger partial charge in [-0.25, -0.2) is 4.79 Å². The molecule has 1 amide bonds. The average molecular weight is 343 g/mol. The second-order valence-electron chi connectivity index (χ2n) is 5.40. The molecule has 1 N–H and O–H groups in total. The van der Waals surface area contributed by atoms with Gasteiger partial charge in [-0.3, -0.25) is 0 Å². The fourth-order valence-electron chi connectivity index (χ4n) is 2.73. The molecule has 0 fully saturated rings. The number of rotatable bonds is 3. The van der Waals surface area contributed by atoms with Gasteiger partial charge >= 0.3 is 17.1 Å². The summed E-state index contributed by atoms with van der Waals surface area (Å²) in [5.41, 5.74) is -0.240. The zero-order chi connectivity index (χ0) is 18.1. The van der Waals surface area contributed by atoms with Crippen molar-refractivity contribution in [2.75, 3.05) is 13.1 Å². The van der Waals surface area contributed by atoms with Crippen molar-refractivity contribution in [3.63, 3.8) is 0 Å². The molecule has 8 heteroatoms. The van der Waals surface area contributed by atoms with Crippen LogP contribution >= 0.6 is 0 Å². The van der Waals surface area contributed by atoms with Crippen molar-refractivity contribution in [1.82, 2.24) is 4.90 Å². The molecular formula is C17H17N3O5. The summed E-state index contributed by atoms with van der Waals surface area (Å²) >= 11 is 0. The Hall–Kier alpha value is -3.29. The highest BCUT2D eigenvalue weighted by Crippen LogP contribution is 2.26. The molecule has 0 aliphatic carbocycles. The lowest BCUT2D eigenvalue weighted by atomic mass is 10.2. The van der Waals surface area contributed by atoms with E-state index in [9.17, 15) is 20.3 Å². The van der Waals surface area contributed by atoms with Crippen LogP contribution in [-0.2, 0) is 0 Å². The summed E-state index contributed by atoms with van der Waals surface area (Å²) in [6.07, 6.45) is -0.606. The van der Waals surface area contributed by atoms with Gasteiger partial charge in [0.1, 0.15) is 0 Å². The van der Waals surface area contributed by atoms with Crippen LogP contribution in [-0.4, -0.2) is 29.2 Å². The van der Waals surface area contributed by atoms with Crippen molar-refractivity contribution < 1.29 is 24.1 Å². The third kappa shape index (κ3) is 2.61. The maximum absolute atomic E-state index is 12.8. The van der Waals surface area contributed by atoms with Gasteiger partial charge in [-0.2, -0.15) is 9.46 Å². The van der Waals surface area contributed by atoms with Crippen molar-refractivity contribution in [3.05, 3.63) is 46.8 Å². The molecule has 1 heterocycles. The highest BCUT2D eigenvalue weighted by molar-refractivity contribution is 5.85. The standard InChI is InChI=1S/C17H17N3O5/c1-3-18(4-2)17(22)25-14-10-6-8-12-16(14)20(24)11-7-5-9-13(21)15(11)19(12)23/h5-10,21H,3-4H2,1-2H3. The summed E-state index contributed by atoms with van der Waals surface area (Å²) in [7, 11) is 0. The minimum Gasteiger partial charge on any atom is -0.617 e. The van der Waals surface area contributed by atoms with E-state index in [1.165, 1.54) is 41.3 Å². The molecule has 130 valence electrons. The number of phenols is 1. The normalized spacial score (nSPS) is 11.0. The third-order valence-corrected chi connectivity index (χ3v) is 4.03. The van der Waals surface area contributed by atoms with Crippen molar-refractivity contribution in [3.8, 4) is 11.5 Å². The van der Waals surface area contributed by atoms with Gasteiger partial charge < -0.3 is 25.2 Å². The van der Waals surface area contributed by atoms with Crippen molar-refractivity contribution in [1.29, 1.82) is 0 Å². The summed E-state index contributed by atoms with van der Waals surface area (Å²) in [5, 5.41) is 35.3. The molecular weight excluding hydrogens is 326 g/mol. The minimum absolute atomic E-state index is 0.00570. The van der Waals surface area contributed by atoms with E-state index in [-0.39, 0.29) is 33.6 Å². The molecule has 0 atom stereocenters. The second kappa shape index (κ2) is 6.31. The van der Waals surface area contributed by atoms with Crippen molar-refractivity contribution in [2.45, 2.75) is 13.8 Å². The number of ether oxygens (including phenoxy) is 1. The molecule has 3 aromatic rings. The minimum atomic E-state index is -0.606. The predicted molar refractivity (Wildman–Crippen MR) is 90.0 cm³/mol. The summed E-state index contributed by atoms with van der Waals surface area (Å²) < 4.78 is 6.29. The highest BCUT2D eigenvalue weighted by Gasteiger charge is 2.28. The highest BCUT2D eigenvalue weighted by atomic mass is 16.6. The number of fused-ring (bicyclic) bond motifs is 2. The number of hydrogen-bond acceptors (Lipinski definition) is 5. The first-order valence-electron chi connectivity index (χ1n) is 7.85. The third-order valence-electron chi connectivity index (χ3n) is 4.03. The van der Waals surface area contributed by atoms with Crippen LogP contribution in [0.2, 0.25) is 0 Å². The number of carbonyl (C=O) groups excluding carboxylic acids is 1. The number of hydrogen-bond donors (Lipinski definition) is 1. The lowest BCUT2D eigenvalue weighted by Crippen LogP contribution is -2.40. The quantitative estimate of drug-likeness (QED) is 0.444. The smallest absolute Gasteiger partial charge is 0.415 e. The SMILES string of the molecule is CCN(CC)C(=O)Oc1cccc2c1[n+]([O-])c1cccc(O)c1[n+]2[O-]. The lowest BCUT2D eigenvalue weighted by molar-refractivity contribution is -0.591. The van der Waals surface area contributed by atoms with Crippen LogP contribution < -0.4 is 14.2 Å². The number of phenolic OH excluding ortho intramolecular Hbond substituents is 1. The number of nitrogens with zero attached hydrogens (tertiary/aromatic N) is 3. The fourth-order valence-corrected chi connectivity index (χ4v) is 2.73. The van der Waals surface area contributed by atoms with Crippen LogP contribution in [0.15, 0.2) is 36.4 Å². The number of para-hydroxylation sites is 2. The molecule has 0 aliphatic heterocycles. The summed E-state index contributed by atoms with van der Waals surface area (Å²) in [4.78, 5) is 13.7. The first-order chi connectivity index (χ1) is 12.0. The van der Waals surface area contributed by atoms with E-state index in [2.05, 4.69) is 0 Å². The van der Waals surface area contributed by atoms with Crippen molar-refractivity contribution >= 4 is 28.2 Å². The average Bonchev–Trinajstić information content (AvgIpc) is 2.60. The van der Waals surface area contributed by atoms with Gasteiger partial charge in [-0.05, 0) is 26.0 Å². The van der Waals surface area contributed by atoms with Gasteiger partial charge in [0.15, 0.2) is 5.75 Å². The molecule has 2 aromatic carbocycles. The molecule has 0 radical (unpaired) electrons. The number of carbonyl (C=O) groups is 1. The second-order valence-corrected chi connectivity index (χ2v) is 5.40. The van der Waals surface area contributed by atoms with E-state index in [1.54, 1.807) is 0 Å². The number of benzene rings is 2. The lowest BCUT2D eigenvalue weighted by Gasteiger charge is -2.18. The fraction of sp³-hybridized carbons (Fsp3) is 0.235. The molecule has 25 heavy (non-hydrogen) atoms. The van der Waals surface area contributed by atoms with Gasteiger partial charge in [0.2, 0.25) is 5.75 Å². The molecule has 0 bridgehead atoms. The Kier molecular flexibility index (Phi) is 4.18. The van der Waals surface area contributed by atoms with Crippen LogP contribution in [0.1, 0.15) is 13.8 Å². The number of amides is 1. The Bertz CT molecular complexity index is 970. The summed E-state index contributed by atoms with van der Waals surface area (Å²) in [6.45, 7) is 4.53. The predicted octanol–water partition coefficient (Wildman–Crippen LogP) is 1.81. The van der Waals surface area contributed by atoms with Crippen LogP contribution in [0.4, 0.5) is 4.79 Å². The van der Waals surface area contributed by atoms with E-state index in [4.69, 9.17) is 4.74 Å². The Balaban J connectivity index is 2.26. The van der Waals surface area contributed by atoms with E-state index in [0.717, 1.165) is 0 Å². The number of aromatic hydroxyl groups is 1. The van der Waals surface area contributed by atoms with E-state index in [0.29, 0.717) is 22.6 Å². The Labute approximate surface area is 143 Å². The summed E-state index contributed by atoms with van der Waals surface area (Å²) in [6, 6.07) is 8.59. The first kappa shape index (κ1) is 16.6. The molecule has 0 spiro atoms. The van der Waals surface area contributed by atoms with E-state index >= 15 is 0 Å². The maximum atomic E-state index is 12.8. The van der Waals surface area contributed by atoms with E-state index in [1.807, 2.05) is 13.8 Å². The van der Waals surface area contributed by atoms with Crippen LogP contribution in [0.5, 0.6) is 11.5 Å². The van der Waals surface area contributed by atoms with Gasteiger partial charge in [0.25, 0.3) is 11.0 Å². The molecule has 0 saturated heterocycles. The number of aromatic nitrogens is 2. The first-order valence-corrected chi connectivity index (χ1v) is 7.85. The van der Waals surface area contributed by atoms with Gasteiger partial charge in [-0.15, -0.1) is 0 Å². The van der Waals surface area contributed by atoms with Crippen molar-refractivity contribution in [2.24, 2.45) is 0 Å². The molecule has 0 unspecified atom stereocenters. The molecule has 0 saturated carbocycles. The molecule has 0 aliphatic rings. The molecule has 1 aromatic heterocycles. The van der Waals surface area contributed by atoms with Crippen LogP contribution in [0.3, 0.4) is 0 Å². The van der Waals surface area contributed by atoms with Gasteiger partial charge in [0, 0.05) is 25.2 Å². The Morgan fingerprint density at radius 2 is 1.60 bits per heavy atom. The van der Waals surface area contributed by atoms with Crippen LogP contribution in [0.25, 0.3) is 22.1 Å². The molecule has 8 nitrogen and oxygen atoms in total.